The molecule has 2 saturated heterocycles. The number of carbonyl (C=O) groups is 2. The maximum Gasteiger partial charge on any atom is 0.229 e. The van der Waals surface area contributed by atoms with E-state index in [0.717, 1.165) is 43.2 Å². The molecule has 8 nitrogen and oxygen atoms in total. The van der Waals surface area contributed by atoms with Gasteiger partial charge in [0.15, 0.2) is 11.5 Å². The lowest BCUT2D eigenvalue weighted by Crippen LogP contribution is -2.44. The van der Waals surface area contributed by atoms with Crippen LogP contribution in [0, 0.1) is 5.92 Å². The molecule has 168 valence electrons. The number of likely N-dealkylation sites (N-methyl/N-ethyl adjacent to an activating group) is 1. The van der Waals surface area contributed by atoms with Crippen molar-refractivity contribution in [3.63, 3.8) is 0 Å². The zero-order chi connectivity index (χ0) is 22.1. The smallest absolute Gasteiger partial charge is 0.229 e. The second kappa shape index (κ2) is 8.70. The summed E-state index contributed by atoms with van der Waals surface area (Å²) in [5.74, 6) is 0.724. The number of hydrogen-bond acceptors (Lipinski definition) is 6. The van der Waals surface area contributed by atoms with Crippen LogP contribution in [0.2, 0.25) is 0 Å². The van der Waals surface area contributed by atoms with Gasteiger partial charge in [-0.3, -0.25) is 9.59 Å². The van der Waals surface area contributed by atoms with Gasteiger partial charge in [0.25, 0.3) is 0 Å². The molecule has 5 rings (SSSR count). The molecule has 32 heavy (non-hydrogen) atoms. The average molecular weight is 437 g/mol. The van der Waals surface area contributed by atoms with Gasteiger partial charge in [-0.15, -0.1) is 0 Å². The van der Waals surface area contributed by atoms with Crippen LogP contribution in [-0.4, -0.2) is 69.7 Å². The minimum atomic E-state index is -0.406. The van der Waals surface area contributed by atoms with E-state index in [4.69, 9.17) is 9.47 Å². The Morgan fingerprint density at radius 2 is 1.75 bits per heavy atom. The molecule has 2 amide bonds. The molecule has 8 heteroatoms. The van der Waals surface area contributed by atoms with Crippen molar-refractivity contribution in [1.82, 2.24) is 4.90 Å². The Balaban J connectivity index is 1.28. The number of piperazine rings is 1. The van der Waals surface area contributed by atoms with E-state index in [9.17, 15) is 9.59 Å². The molecule has 0 saturated carbocycles. The van der Waals surface area contributed by atoms with Crippen molar-refractivity contribution in [3.8, 4) is 11.5 Å². The SMILES string of the molecule is CN1CCN(c2ccccc2NC(=O)C2CC(=O)N(c3ccc4c(c3)OCCO4)C2)CC1. The van der Waals surface area contributed by atoms with Crippen molar-refractivity contribution in [2.45, 2.75) is 6.42 Å². The third kappa shape index (κ3) is 4.10. The molecule has 0 aromatic heterocycles. The molecule has 3 aliphatic rings. The number of carbonyl (C=O) groups excluding carboxylic acids is 2. The highest BCUT2D eigenvalue weighted by atomic mass is 16.6. The number of hydrogen-bond donors (Lipinski definition) is 1. The third-order valence-corrected chi connectivity index (χ3v) is 6.34. The molecule has 1 atom stereocenters. The van der Waals surface area contributed by atoms with Crippen LogP contribution < -0.4 is 24.6 Å². The van der Waals surface area contributed by atoms with Crippen molar-refractivity contribution in [1.29, 1.82) is 0 Å². The maximum atomic E-state index is 13.1. The van der Waals surface area contributed by atoms with Crippen LogP contribution in [0.5, 0.6) is 11.5 Å². The highest BCUT2D eigenvalue weighted by Gasteiger charge is 2.36. The molecule has 0 bridgehead atoms. The lowest BCUT2D eigenvalue weighted by atomic mass is 10.1. The van der Waals surface area contributed by atoms with Crippen molar-refractivity contribution in [2.75, 3.05) is 68.1 Å². The quantitative estimate of drug-likeness (QED) is 0.792. The highest BCUT2D eigenvalue weighted by molar-refractivity contribution is 6.04. The van der Waals surface area contributed by atoms with Crippen LogP contribution in [0.3, 0.4) is 0 Å². The number of anilines is 3. The fraction of sp³-hybridized carbons (Fsp3) is 0.417. The zero-order valence-corrected chi connectivity index (χ0v) is 18.3. The molecular weight excluding hydrogens is 408 g/mol. The first-order chi connectivity index (χ1) is 15.6. The minimum absolute atomic E-state index is 0.0609. The standard InChI is InChI=1S/C24H28N4O4/c1-26-8-10-27(11-9-26)20-5-3-2-4-19(20)25-24(30)17-14-23(29)28(16-17)18-6-7-21-22(15-18)32-13-12-31-21/h2-7,15,17H,8-14,16H2,1H3,(H,25,30). The van der Waals surface area contributed by atoms with E-state index < -0.39 is 5.92 Å². The Labute approximate surface area is 187 Å². The van der Waals surface area contributed by atoms with Crippen LogP contribution in [0.25, 0.3) is 0 Å². The third-order valence-electron chi connectivity index (χ3n) is 6.34. The van der Waals surface area contributed by atoms with Crippen molar-refractivity contribution in [2.24, 2.45) is 5.92 Å². The second-order valence-electron chi connectivity index (χ2n) is 8.53. The van der Waals surface area contributed by atoms with Gasteiger partial charge in [-0.2, -0.15) is 0 Å². The van der Waals surface area contributed by atoms with Crippen LogP contribution >= 0.6 is 0 Å². The molecule has 2 fully saturated rings. The Bertz CT molecular complexity index is 1020. The zero-order valence-electron chi connectivity index (χ0n) is 18.3. The number of nitrogens with zero attached hydrogens (tertiary/aromatic N) is 3. The number of nitrogens with one attached hydrogen (secondary N) is 1. The van der Waals surface area contributed by atoms with Gasteiger partial charge >= 0.3 is 0 Å². The van der Waals surface area contributed by atoms with Crippen molar-refractivity contribution in [3.05, 3.63) is 42.5 Å². The first kappa shape index (κ1) is 20.6. The Morgan fingerprint density at radius 3 is 2.56 bits per heavy atom. The van der Waals surface area contributed by atoms with Gasteiger partial charge in [0.1, 0.15) is 13.2 Å². The number of ether oxygens (including phenoxy) is 2. The normalized spacial score (nSPS) is 21.0. The van der Waals surface area contributed by atoms with Gasteiger partial charge in [0.2, 0.25) is 11.8 Å². The summed E-state index contributed by atoms with van der Waals surface area (Å²) in [6.07, 6.45) is 0.191. The van der Waals surface area contributed by atoms with Crippen LogP contribution in [-0.2, 0) is 9.59 Å². The van der Waals surface area contributed by atoms with E-state index >= 15 is 0 Å². The molecule has 0 spiro atoms. The number of rotatable bonds is 4. The molecule has 3 heterocycles. The molecule has 2 aromatic carbocycles. The molecular formula is C24H28N4O4. The lowest BCUT2D eigenvalue weighted by Gasteiger charge is -2.35. The molecule has 1 N–H and O–H groups in total. The maximum absolute atomic E-state index is 13.1. The van der Waals surface area contributed by atoms with Crippen LogP contribution in [0.15, 0.2) is 42.5 Å². The Hall–Kier alpha value is -3.26. The summed E-state index contributed by atoms with van der Waals surface area (Å²) in [6, 6.07) is 13.4. The summed E-state index contributed by atoms with van der Waals surface area (Å²) in [5, 5.41) is 3.09. The summed E-state index contributed by atoms with van der Waals surface area (Å²) < 4.78 is 11.2. The average Bonchev–Trinajstić information content (AvgIpc) is 3.21. The van der Waals surface area contributed by atoms with Crippen molar-refractivity contribution >= 4 is 28.9 Å². The van der Waals surface area contributed by atoms with E-state index in [1.807, 2.05) is 42.5 Å². The summed E-state index contributed by atoms with van der Waals surface area (Å²) in [7, 11) is 2.12. The number of amides is 2. The number of para-hydroxylation sites is 2. The molecule has 0 radical (unpaired) electrons. The van der Waals surface area contributed by atoms with Gasteiger partial charge in [0.05, 0.1) is 17.3 Å². The van der Waals surface area contributed by atoms with Crippen LogP contribution in [0.4, 0.5) is 17.1 Å². The summed E-state index contributed by atoms with van der Waals surface area (Å²) in [4.78, 5) is 32.1. The van der Waals surface area contributed by atoms with Crippen LogP contribution in [0.1, 0.15) is 6.42 Å². The largest absolute Gasteiger partial charge is 0.486 e. The highest BCUT2D eigenvalue weighted by Crippen LogP contribution is 2.36. The Morgan fingerprint density at radius 1 is 1.00 bits per heavy atom. The predicted molar refractivity (Wildman–Crippen MR) is 123 cm³/mol. The van der Waals surface area contributed by atoms with Crippen molar-refractivity contribution < 1.29 is 19.1 Å². The first-order valence-corrected chi connectivity index (χ1v) is 11.1. The summed E-state index contributed by atoms with van der Waals surface area (Å²) in [5.41, 5.74) is 2.56. The predicted octanol–water partition coefficient (Wildman–Crippen LogP) is 2.20. The number of fused-ring (bicyclic) bond motifs is 1. The van der Waals surface area contributed by atoms with E-state index in [0.29, 0.717) is 31.3 Å². The second-order valence-corrected chi connectivity index (χ2v) is 8.53. The lowest BCUT2D eigenvalue weighted by molar-refractivity contribution is -0.122. The van der Waals surface area contributed by atoms with E-state index in [1.54, 1.807) is 4.90 Å². The minimum Gasteiger partial charge on any atom is -0.486 e. The fourth-order valence-corrected chi connectivity index (χ4v) is 4.47. The van der Waals surface area contributed by atoms with Gasteiger partial charge in [0, 0.05) is 50.9 Å². The van der Waals surface area contributed by atoms with Gasteiger partial charge < -0.3 is 29.5 Å². The molecule has 2 aromatic rings. The van der Waals surface area contributed by atoms with Gasteiger partial charge in [-0.1, -0.05) is 12.1 Å². The monoisotopic (exact) mass is 436 g/mol. The first-order valence-electron chi connectivity index (χ1n) is 11.1. The Kier molecular flexibility index (Phi) is 5.61. The molecule has 1 unspecified atom stereocenters. The molecule has 0 aliphatic carbocycles. The van der Waals surface area contributed by atoms with E-state index in [2.05, 4.69) is 22.2 Å². The van der Waals surface area contributed by atoms with E-state index in [-0.39, 0.29) is 18.2 Å². The van der Waals surface area contributed by atoms with E-state index in [1.165, 1.54) is 0 Å². The van der Waals surface area contributed by atoms with Gasteiger partial charge in [-0.25, -0.2) is 0 Å². The summed E-state index contributed by atoms with van der Waals surface area (Å²) in [6.45, 7) is 5.18. The topological polar surface area (TPSA) is 74.4 Å². The molecule has 3 aliphatic heterocycles. The fourth-order valence-electron chi connectivity index (χ4n) is 4.47. The number of benzene rings is 2. The summed E-state index contributed by atoms with van der Waals surface area (Å²) >= 11 is 0. The van der Waals surface area contributed by atoms with Gasteiger partial charge in [-0.05, 0) is 31.3 Å².